The molecule has 1 unspecified atom stereocenters. The van der Waals surface area contributed by atoms with Gasteiger partial charge in [-0.25, -0.2) is 8.42 Å². The third-order valence-corrected chi connectivity index (χ3v) is 9.35. The van der Waals surface area contributed by atoms with E-state index < -0.39 is 28.5 Å². The molecule has 0 aliphatic rings. The van der Waals surface area contributed by atoms with E-state index in [0.29, 0.717) is 22.3 Å². The van der Waals surface area contributed by atoms with E-state index in [1.165, 1.54) is 29.2 Å². The van der Waals surface area contributed by atoms with Crippen LogP contribution in [0.3, 0.4) is 0 Å². The van der Waals surface area contributed by atoms with Crippen LogP contribution in [0.15, 0.2) is 108 Å². The molecular weight excluding hydrogens is 617 g/mol. The Morgan fingerprint density at radius 3 is 2.07 bits per heavy atom. The molecule has 0 heterocycles. The van der Waals surface area contributed by atoms with E-state index in [1.807, 2.05) is 50.2 Å². The summed E-state index contributed by atoms with van der Waals surface area (Å²) in [5.41, 5.74) is 2.76. The molecule has 2 amide bonds. The minimum absolute atomic E-state index is 0.0121. The fourth-order valence-electron chi connectivity index (χ4n) is 4.75. The van der Waals surface area contributed by atoms with E-state index in [4.69, 9.17) is 23.2 Å². The van der Waals surface area contributed by atoms with Crippen molar-refractivity contribution in [2.24, 2.45) is 0 Å². The van der Waals surface area contributed by atoms with Gasteiger partial charge in [-0.1, -0.05) is 84.7 Å². The first-order valence-electron chi connectivity index (χ1n) is 14.3. The molecular formula is C34H35Cl2N3O4S. The van der Waals surface area contributed by atoms with Gasteiger partial charge in [0.15, 0.2) is 0 Å². The predicted octanol–water partition coefficient (Wildman–Crippen LogP) is 6.66. The van der Waals surface area contributed by atoms with Crippen LogP contribution >= 0.6 is 23.2 Å². The second-order valence-electron chi connectivity index (χ2n) is 10.4. The van der Waals surface area contributed by atoms with Crippen molar-refractivity contribution in [2.75, 3.05) is 17.4 Å². The Balaban J connectivity index is 1.79. The van der Waals surface area contributed by atoms with Gasteiger partial charge in [0.25, 0.3) is 10.0 Å². The zero-order valence-electron chi connectivity index (χ0n) is 24.6. The number of benzene rings is 4. The van der Waals surface area contributed by atoms with Crippen molar-refractivity contribution < 1.29 is 18.0 Å². The number of rotatable bonds is 13. The Bertz CT molecular complexity index is 1670. The van der Waals surface area contributed by atoms with Crippen molar-refractivity contribution in [3.63, 3.8) is 0 Å². The molecule has 0 aromatic heterocycles. The highest BCUT2D eigenvalue weighted by Crippen LogP contribution is 2.27. The molecule has 10 heteroatoms. The molecule has 0 bridgehead atoms. The van der Waals surface area contributed by atoms with Gasteiger partial charge < -0.3 is 10.2 Å². The van der Waals surface area contributed by atoms with Crippen molar-refractivity contribution in [1.82, 2.24) is 10.2 Å². The normalized spacial score (nSPS) is 11.9. The number of hydrogen-bond donors (Lipinski definition) is 1. The van der Waals surface area contributed by atoms with Gasteiger partial charge in [-0.05, 0) is 78.6 Å². The lowest BCUT2D eigenvalue weighted by Crippen LogP contribution is -2.53. The largest absolute Gasteiger partial charge is 0.354 e. The van der Waals surface area contributed by atoms with Crippen molar-refractivity contribution in [1.29, 1.82) is 0 Å². The van der Waals surface area contributed by atoms with E-state index in [-0.39, 0.29) is 23.8 Å². The summed E-state index contributed by atoms with van der Waals surface area (Å²) < 4.78 is 29.2. The van der Waals surface area contributed by atoms with Gasteiger partial charge in [0.2, 0.25) is 11.8 Å². The van der Waals surface area contributed by atoms with Crippen LogP contribution in [0, 0.1) is 6.92 Å². The molecule has 44 heavy (non-hydrogen) atoms. The summed E-state index contributed by atoms with van der Waals surface area (Å²) in [4.78, 5) is 29.5. The van der Waals surface area contributed by atoms with Gasteiger partial charge in [-0.15, -0.1) is 0 Å². The number of hydrogen-bond acceptors (Lipinski definition) is 4. The molecule has 4 aromatic carbocycles. The number of anilines is 1. The molecule has 0 fully saturated rings. The van der Waals surface area contributed by atoms with Gasteiger partial charge in [-0.2, -0.15) is 0 Å². The summed E-state index contributed by atoms with van der Waals surface area (Å²) in [5.74, 6) is -0.854. The first-order valence-corrected chi connectivity index (χ1v) is 16.5. The number of sulfonamides is 1. The fraction of sp³-hybridized carbons (Fsp3) is 0.235. The second-order valence-corrected chi connectivity index (χ2v) is 13.2. The number of nitrogens with zero attached hydrogens (tertiary/aromatic N) is 2. The zero-order valence-corrected chi connectivity index (χ0v) is 26.9. The van der Waals surface area contributed by atoms with Crippen molar-refractivity contribution in [3.05, 3.63) is 130 Å². The average molecular weight is 653 g/mol. The van der Waals surface area contributed by atoms with Gasteiger partial charge in [0.1, 0.15) is 12.6 Å². The number of carbonyl (C=O) groups is 2. The average Bonchev–Trinajstić information content (AvgIpc) is 3.01. The number of nitrogens with one attached hydrogen (secondary N) is 1. The second kappa shape index (κ2) is 15.2. The van der Waals surface area contributed by atoms with E-state index in [0.717, 1.165) is 27.4 Å². The number of amides is 2. The topological polar surface area (TPSA) is 86.8 Å². The maximum atomic E-state index is 14.4. The van der Waals surface area contributed by atoms with Gasteiger partial charge in [0, 0.05) is 29.6 Å². The summed E-state index contributed by atoms with van der Waals surface area (Å²) in [6.07, 6.45) is 0.958. The van der Waals surface area contributed by atoms with E-state index in [2.05, 4.69) is 5.32 Å². The van der Waals surface area contributed by atoms with Gasteiger partial charge in [0.05, 0.1) is 10.6 Å². The summed E-state index contributed by atoms with van der Waals surface area (Å²) in [6.45, 7) is 3.77. The van der Waals surface area contributed by atoms with E-state index in [9.17, 15) is 18.0 Å². The van der Waals surface area contributed by atoms with E-state index in [1.54, 1.807) is 42.5 Å². The molecule has 4 aromatic rings. The molecule has 0 aliphatic heterocycles. The van der Waals surface area contributed by atoms with Crippen LogP contribution < -0.4 is 9.62 Å². The highest BCUT2D eigenvalue weighted by atomic mass is 35.5. The van der Waals surface area contributed by atoms with Crippen LogP contribution in [0.4, 0.5) is 5.69 Å². The van der Waals surface area contributed by atoms with Crippen molar-refractivity contribution in [2.45, 2.75) is 44.2 Å². The van der Waals surface area contributed by atoms with Crippen LogP contribution in [0.5, 0.6) is 0 Å². The van der Waals surface area contributed by atoms with Crippen LogP contribution in [0.25, 0.3) is 0 Å². The Morgan fingerprint density at radius 2 is 1.45 bits per heavy atom. The highest BCUT2D eigenvalue weighted by Gasteiger charge is 2.34. The third-order valence-electron chi connectivity index (χ3n) is 7.06. The number of halogens is 2. The first-order chi connectivity index (χ1) is 21.1. The SMILES string of the molecule is CCCNC(=O)C(Cc1ccccc1)N(Cc1ccc(Cl)cc1)C(=O)CN(c1cccc(C)c1)S(=O)(=O)c1ccc(Cl)cc1. The van der Waals surface area contributed by atoms with Crippen molar-refractivity contribution in [3.8, 4) is 0 Å². The first kappa shape index (κ1) is 33.1. The standard InChI is InChI=1S/C34H35Cl2N3O4S/c1-3-20-37-34(41)32(22-26-9-5-4-6-10-26)38(23-27-12-14-28(35)15-13-27)33(40)24-39(30-11-7-8-25(2)21-30)44(42,43)31-18-16-29(36)17-19-31/h4-19,21,32H,3,20,22-24H2,1-2H3,(H,37,41). The summed E-state index contributed by atoms with van der Waals surface area (Å²) in [7, 11) is -4.20. The molecule has 0 aliphatic carbocycles. The van der Waals surface area contributed by atoms with Crippen LogP contribution in [-0.4, -0.2) is 44.3 Å². The Morgan fingerprint density at radius 1 is 0.818 bits per heavy atom. The highest BCUT2D eigenvalue weighted by molar-refractivity contribution is 7.92. The molecule has 0 spiro atoms. The third kappa shape index (κ3) is 8.62. The number of carbonyl (C=O) groups excluding carboxylic acids is 2. The fourth-order valence-corrected chi connectivity index (χ4v) is 6.41. The predicted molar refractivity (Wildman–Crippen MR) is 176 cm³/mol. The molecule has 7 nitrogen and oxygen atoms in total. The molecule has 0 saturated heterocycles. The minimum atomic E-state index is -4.20. The maximum Gasteiger partial charge on any atom is 0.264 e. The summed E-state index contributed by atoms with van der Waals surface area (Å²) in [5, 5.41) is 3.86. The quantitative estimate of drug-likeness (QED) is 0.175. The zero-order chi connectivity index (χ0) is 31.7. The Labute approximate surface area is 269 Å². The lowest BCUT2D eigenvalue weighted by atomic mass is 10.0. The molecule has 1 atom stereocenters. The van der Waals surface area contributed by atoms with Gasteiger partial charge >= 0.3 is 0 Å². The lowest BCUT2D eigenvalue weighted by molar-refractivity contribution is -0.140. The molecule has 4 rings (SSSR count). The summed E-state index contributed by atoms with van der Waals surface area (Å²) in [6, 6.07) is 28.3. The number of aryl methyl sites for hydroxylation is 1. The summed E-state index contributed by atoms with van der Waals surface area (Å²) >= 11 is 12.2. The smallest absolute Gasteiger partial charge is 0.264 e. The monoisotopic (exact) mass is 651 g/mol. The lowest BCUT2D eigenvalue weighted by Gasteiger charge is -2.34. The van der Waals surface area contributed by atoms with E-state index >= 15 is 0 Å². The molecule has 1 N–H and O–H groups in total. The van der Waals surface area contributed by atoms with Crippen molar-refractivity contribution >= 4 is 50.7 Å². The maximum absolute atomic E-state index is 14.4. The molecule has 0 radical (unpaired) electrons. The molecule has 0 saturated carbocycles. The Kier molecular flexibility index (Phi) is 11.4. The molecule has 230 valence electrons. The minimum Gasteiger partial charge on any atom is -0.354 e. The van der Waals surface area contributed by atoms with Crippen LogP contribution in [0.2, 0.25) is 10.0 Å². The van der Waals surface area contributed by atoms with Crippen LogP contribution in [0.1, 0.15) is 30.0 Å². The Hall–Kier alpha value is -3.85. The van der Waals surface area contributed by atoms with Crippen LogP contribution in [-0.2, 0) is 32.6 Å². The van der Waals surface area contributed by atoms with Gasteiger partial charge in [-0.3, -0.25) is 13.9 Å².